The minimum Gasteiger partial charge on any atom is -0.375 e. The number of nitrogens with two attached hydrogens (primary N) is 1. The van der Waals surface area contributed by atoms with Crippen LogP contribution in [-0.2, 0) is 24.3 Å². The first kappa shape index (κ1) is 13.2. The molecule has 104 valence electrons. The second kappa shape index (κ2) is 5.70. The fourth-order valence-corrected chi connectivity index (χ4v) is 2.98. The fraction of sp³-hybridized carbons (Fsp3) is 0.286. The highest BCUT2D eigenvalue weighted by atomic mass is 32.1. The molecule has 0 aliphatic carbocycles. The van der Waals surface area contributed by atoms with E-state index >= 15 is 0 Å². The topological polar surface area (TPSA) is 77.2 Å². The molecule has 0 atom stereocenters. The summed E-state index contributed by atoms with van der Waals surface area (Å²) < 4.78 is 5.37. The number of amides is 1. The molecule has 0 saturated carbocycles. The largest absolute Gasteiger partial charge is 0.375 e. The van der Waals surface area contributed by atoms with E-state index in [4.69, 9.17) is 10.5 Å². The van der Waals surface area contributed by atoms with Gasteiger partial charge in [0.25, 0.3) is 5.91 Å². The fourth-order valence-electron chi connectivity index (χ4n) is 2.04. The summed E-state index contributed by atoms with van der Waals surface area (Å²) in [5, 5.41) is 3.47. The molecular weight excluding hydrogens is 274 g/mol. The average molecular weight is 289 g/mol. The lowest BCUT2D eigenvalue weighted by molar-refractivity contribution is 0.102. The molecule has 0 unspecified atom stereocenters. The van der Waals surface area contributed by atoms with Crippen LogP contribution in [0.4, 0.5) is 5.13 Å². The lowest BCUT2D eigenvalue weighted by Gasteiger charge is -2.08. The third-order valence-corrected chi connectivity index (χ3v) is 4.15. The number of nitrogens with one attached hydrogen (secondary N) is 1. The zero-order chi connectivity index (χ0) is 13.9. The predicted octanol–water partition coefficient (Wildman–Crippen LogP) is 1.93. The molecule has 0 fully saturated rings. The van der Waals surface area contributed by atoms with Crippen LogP contribution in [0.25, 0.3) is 0 Å². The molecule has 1 amide bonds. The Kier molecular flexibility index (Phi) is 3.77. The third kappa shape index (κ3) is 2.72. The van der Waals surface area contributed by atoms with E-state index in [0.29, 0.717) is 30.5 Å². The van der Waals surface area contributed by atoms with Crippen molar-refractivity contribution in [1.82, 2.24) is 4.98 Å². The van der Waals surface area contributed by atoms with Gasteiger partial charge in [-0.1, -0.05) is 23.5 Å². The van der Waals surface area contributed by atoms with Crippen LogP contribution in [0.5, 0.6) is 0 Å². The summed E-state index contributed by atoms with van der Waals surface area (Å²) in [4.78, 5) is 17.7. The summed E-state index contributed by atoms with van der Waals surface area (Å²) in [6, 6.07) is 7.26. The van der Waals surface area contributed by atoms with Gasteiger partial charge in [-0.15, -0.1) is 0 Å². The van der Waals surface area contributed by atoms with Gasteiger partial charge in [0.05, 0.1) is 23.8 Å². The SMILES string of the molecule is NCc1ccc(C(=O)Nc2nc3c(s2)COCC3)cc1. The van der Waals surface area contributed by atoms with Crippen LogP contribution in [0.15, 0.2) is 24.3 Å². The number of benzene rings is 1. The zero-order valence-corrected chi connectivity index (χ0v) is 11.7. The number of carbonyl (C=O) groups excluding carboxylic acids is 1. The Morgan fingerprint density at radius 1 is 1.40 bits per heavy atom. The number of fused-ring (bicyclic) bond motifs is 1. The van der Waals surface area contributed by atoms with Gasteiger partial charge in [-0.2, -0.15) is 0 Å². The first-order valence-corrected chi connectivity index (χ1v) is 7.24. The summed E-state index contributed by atoms with van der Waals surface area (Å²) >= 11 is 1.48. The molecule has 0 spiro atoms. The molecule has 2 heterocycles. The monoisotopic (exact) mass is 289 g/mol. The number of aromatic nitrogens is 1. The molecule has 3 rings (SSSR count). The smallest absolute Gasteiger partial charge is 0.257 e. The number of nitrogens with zero attached hydrogens (tertiary/aromatic N) is 1. The minimum absolute atomic E-state index is 0.152. The van der Waals surface area contributed by atoms with Crippen molar-refractivity contribution in [2.45, 2.75) is 19.6 Å². The van der Waals surface area contributed by atoms with Crippen molar-refractivity contribution in [1.29, 1.82) is 0 Å². The van der Waals surface area contributed by atoms with E-state index in [1.165, 1.54) is 11.3 Å². The Bertz CT molecular complexity index is 598. The van der Waals surface area contributed by atoms with Crippen LogP contribution < -0.4 is 11.1 Å². The molecule has 5 nitrogen and oxygen atoms in total. The van der Waals surface area contributed by atoms with E-state index < -0.39 is 0 Å². The highest BCUT2D eigenvalue weighted by molar-refractivity contribution is 7.15. The van der Waals surface area contributed by atoms with Gasteiger partial charge >= 0.3 is 0 Å². The molecule has 1 aliphatic rings. The lowest BCUT2D eigenvalue weighted by atomic mass is 10.1. The first-order valence-electron chi connectivity index (χ1n) is 6.43. The van der Waals surface area contributed by atoms with Gasteiger partial charge < -0.3 is 10.5 Å². The Morgan fingerprint density at radius 3 is 2.90 bits per heavy atom. The van der Waals surface area contributed by atoms with E-state index in [-0.39, 0.29) is 5.91 Å². The number of ether oxygens (including phenoxy) is 1. The Balaban J connectivity index is 1.73. The molecular formula is C14H15N3O2S. The maximum absolute atomic E-state index is 12.1. The van der Waals surface area contributed by atoms with Crippen molar-refractivity contribution in [3.05, 3.63) is 46.0 Å². The number of anilines is 1. The molecule has 2 aromatic rings. The van der Waals surface area contributed by atoms with Gasteiger partial charge in [0.2, 0.25) is 0 Å². The van der Waals surface area contributed by atoms with Crippen molar-refractivity contribution < 1.29 is 9.53 Å². The molecule has 20 heavy (non-hydrogen) atoms. The molecule has 0 saturated heterocycles. The lowest BCUT2D eigenvalue weighted by Crippen LogP contribution is -2.12. The van der Waals surface area contributed by atoms with Gasteiger partial charge in [-0.3, -0.25) is 10.1 Å². The predicted molar refractivity (Wildman–Crippen MR) is 77.8 cm³/mol. The summed E-state index contributed by atoms with van der Waals surface area (Å²) in [5.41, 5.74) is 8.18. The average Bonchev–Trinajstić information content (AvgIpc) is 2.89. The normalized spacial score (nSPS) is 13.8. The highest BCUT2D eigenvalue weighted by Gasteiger charge is 2.17. The Labute approximate surface area is 120 Å². The van der Waals surface area contributed by atoms with Gasteiger partial charge in [-0.05, 0) is 17.7 Å². The van der Waals surface area contributed by atoms with Crippen molar-refractivity contribution in [3.8, 4) is 0 Å². The summed E-state index contributed by atoms with van der Waals surface area (Å²) in [5.74, 6) is -0.152. The van der Waals surface area contributed by atoms with Crippen LogP contribution in [0, 0.1) is 0 Å². The molecule has 0 bridgehead atoms. The molecule has 1 aromatic carbocycles. The first-order chi connectivity index (χ1) is 9.76. The number of carbonyl (C=O) groups is 1. The van der Waals surface area contributed by atoms with Gasteiger partial charge in [-0.25, -0.2) is 4.98 Å². The Hall–Kier alpha value is -1.76. The number of thiazole rings is 1. The van der Waals surface area contributed by atoms with E-state index in [9.17, 15) is 4.79 Å². The van der Waals surface area contributed by atoms with E-state index in [1.54, 1.807) is 12.1 Å². The van der Waals surface area contributed by atoms with Crippen LogP contribution in [0.1, 0.15) is 26.5 Å². The maximum atomic E-state index is 12.1. The molecule has 1 aromatic heterocycles. The van der Waals surface area contributed by atoms with Gasteiger partial charge in [0, 0.05) is 18.5 Å². The van der Waals surface area contributed by atoms with Gasteiger partial charge in [0.1, 0.15) is 0 Å². The van der Waals surface area contributed by atoms with Gasteiger partial charge in [0.15, 0.2) is 5.13 Å². The van der Waals surface area contributed by atoms with Crippen LogP contribution in [-0.4, -0.2) is 17.5 Å². The number of rotatable bonds is 3. The highest BCUT2D eigenvalue weighted by Crippen LogP contribution is 2.27. The standard InChI is InChI=1S/C14H15N3O2S/c15-7-9-1-3-10(4-2-9)13(18)17-14-16-11-5-6-19-8-12(11)20-14/h1-4H,5-8,15H2,(H,16,17,18). The second-order valence-corrected chi connectivity index (χ2v) is 5.63. The van der Waals surface area contributed by atoms with E-state index in [1.807, 2.05) is 12.1 Å². The summed E-state index contributed by atoms with van der Waals surface area (Å²) in [7, 11) is 0. The third-order valence-electron chi connectivity index (χ3n) is 3.17. The van der Waals surface area contributed by atoms with E-state index in [2.05, 4.69) is 10.3 Å². The molecule has 3 N–H and O–H groups in total. The minimum atomic E-state index is -0.152. The second-order valence-electron chi connectivity index (χ2n) is 4.55. The van der Waals surface area contributed by atoms with Crippen LogP contribution in [0.2, 0.25) is 0 Å². The maximum Gasteiger partial charge on any atom is 0.257 e. The van der Waals surface area contributed by atoms with Crippen LogP contribution in [0.3, 0.4) is 0 Å². The quantitative estimate of drug-likeness (QED) is 0.905. The molecule has 6 heteroatoms. The van der Waals surface area contributed by atoms with Crippen molar-refractivity contribution in [3.63, 3.8) is 0 Å². The van der Waals surface area contributed by atoms with E-state index in [0.717, 1.165) is 22.6 Å². The number of hydrogen-bond acceptors (Lipinski definition) is 5. The molecule has 1 aliphatic heterocycles. The number of hydrogen-bond donors (Lipinski definition) is 2. The summed E-state index contributed by atoms with van der Waals surface area (Å²) in [6.45, 7) is 1.76. The zero-order valence-electron chi connectivity index (χ0n) is 10.9. The molecule has 0 radical (unpaired) electrons. The van der Waals surface area contributed by atoms with Crippen molar-refractivity contribution in [2.75, 3.05) is 11.9 Å². The van der Waals surface area contributed by atoms with Crippen molar-refractivity contribution >= 4 is 22.4 Å². The summed E-state index contributed by atoms with van der Waals surface area (Å²) in [6.07, 6.45) is 0.812. The van der Waals surface area contributed by atoms with Crippen LogP contribution >= 0.6 is 11.3 Å². The Morgan fingerprint density at radius 2 is 2.20 bits per heavy atom. The van der Waals surface area contributed by atoms with Crippen molar-refractivity contribution in [2.24, 2.45) is 5.73 Å².